The zero-order chi connectivity index (χ0) is 17.0. The Balaban J connectivity index is 1.45. The molecule has 0 aromatic heterocycles. The molecule has 2 unspecified atom stereocenters. The van der Waals surface area contributed by atoms with Gasteiger partial charge in [0.25, 0.3) is 0 Å². The second-order valence-corrected chi connectivity index (χ2v) is 7.90. The molecule has 3 fully saturated rings. The Morgan fingerprint density at radius 3 is 2.50 bits per heavy atom. The van der Waals surface area contributed by atoms with Gasteiger partial charge in [0.2, 0.25) is 5.91 Å². The topological polar surface area (TPSA) is 54.0 Å². The van der Waals surface area contributed by atoms with E-state index in [2.05, 4.69) is 17.1 Å². The first-order valence-corrected chi connectivity index (χ1v) is 9.42. The standard InChI is InChI=1S/C18H33N3O3/c1-15-11-16(15)19-13-18(14-23-2)3-5-21(6-4-18)17(22)12-20-7-9-24-10-8-20/h15-16,19H,3-14H2,1-2H3. The van der Waals surface area contributed by atoms with Crippen molar-refractivity contribution < 1.29 is 14.3 Å². The molecule has 3 aliphatic rings. The Hall–Kier alpha value is -0.690. The van der Waals surface area contributed by atoms with E-state index in [1.165, 1.54) is 6.42 Å². The molecule has 0 aromatic rings. The average molecular weight is 339 g/mol. The van der Waals surface area contributed by atoms with Gasteiger partial charge in [0.05, 0.1) is 26.4 Å². The minimum atomic E-state index is 0.187. The molecule has 2 heterocycles. The summed E-state index contributed by atoms with van der Waals surface area (Å²) in [6.45, 7) is 9.58. The summed E-state index contributed by atoms with van der Waals surface area (Å²) >= 11 is 0. The molecule has 0 aromatic carbocycles. The van der Waals surface area contributed by atoms with E-state index < -0.39 is 0 Å². The zero-order valence-electron chi connectivity index (χ0n) is 15.3. The fourth-order valence-electron chi connectivity index (χ4n) is 3.91. The van der Waals surface area contributed by atoms with Gasteiger partial charge in [-0.2, -0.15) is 0 Å². The van der Waals surface area contributed by atoms with Crippen LogP contribution in [0.15, 0.2) is 0 Å². The fourth-order valence-corrected chi connectivity index (χ4v) is 3.91. The van der Waals surface area contributed by atoms with Gasteiger partial charge >= 0.3 is 0 Å². The summed E-state index contributed by atoms with van der Waals surface area (Å²) in [5.41, 5.74) is 0.187. The first-order chi connectivity index (χ1) is 11.6. The lowest BCUT2D eigenvalue weighted by molar-refractivity contribution is -0.136. The summed E-state index contributed by atoms with van der Waals surface area (Å²) in [5, 5.41) is 3.71. The van der Waals surface area contributed by atoms with Crippen molar-refractivity contribution >= 4 is 5.91 Å². The number of carbonyl (C=O) groups excluding carboxylic acids is 1. The van der Waals surface area contributed by atoms with Crippen LogP contribution in [0.4, 0.5) is 0 Å². The molecule has 2 atom stereocenters. The van der Waals surface area contributed by atoms with Crippen molar-refractivity contribution in [1.29, 1.82) is 0 Å². The van der Waals surface area contributed by atoms with Gasteiger partial charge in [-0.25, -0.2) is 0 Å². The molecule has 1 N–H and O–H groups in total. The third-order valence-electron chi connectivity index (χ3n) is 5.94. The van der Waals surface area contributed by atoms with Crippen LogP contribution >= 0.6 is 0 Å². The average Bonchev–Trinajstić information content (AvgIpc) is 3.30. The van der Waals surface area contributed by atoms with Crippen molar-refractivity contribution in [2.75, 3.05) is 66.2 Å². The molecule has 0 spiro atoms. The molecule has 2 aliphatic heterocycles. The van der Waals surface area contributed by atoms with Crippen LogP contribution in [-0.4, -0.2) is 87.9 Å². The fraction of sp³-hybridized carbons (Fsp3) is 0.944. The number of nitrogens with one attached hydrogen (secondary N) is 1. The molecular weight excluding hydrogens is 306 g/mol. The summed E-state index contributed by atoms with van der Waals surface area (Å²) in [5.74, 6) is 1.09. The van der Waals surface area contributed by atoms with Gasteiger partial charge in [0.15, 0.2) is 0 Å². The van der Waals surface area contributed by atoms with Gasteiger partial charge in [-0.05, 0) is 25.2 Å². The Kier molecular flexibility index (Phi) is 6.13. The van der Waals surface area contributed by atoms with Crippen molar-refractivity contribution in [3.8, 4) is 0 Å². The SMILES string of the molecule is COCC1(CNC2CC2C)CCN(C(=O)CN2CCOCC2)CC1. The summed E-state index contributed by atoms with van der Waals surface area (Å²) in [6.07, 6.45) is 3.36. The maximum absolute atomic E-state index is 12.6. The van der Waals surface area contributed by atoms with Crippen LogP contribution in [0.1, 0.15) is 26.2 Å². The minimum absolute atomic E-state index is 0.187. The van der Waals surface area contributed by atoms with Gasteiger partial charge in [-0.3, -0.25) is 9.69 Å². The van der Waals surface area contributed by atoms with Crippen LogP contribution in [-0.2, 0) is 14.3 Å². The molecule has 0 radical (unpaired) electrons. The van der Waals surface area contributed by atoms with Crippen LogP contribution in [0, 0.1) is 11.3 Å². The highest BCUT2D eigenvalue weighted by molar-refractivity contribution is 5.78. The van der Waals surface area contributed by atoms with E-state index in [4.69, 9.17) is 9.47 Å². The number of methoxy groups -OCH3 is 1. The summed E-state index contributed by atoms with van der Waals surface area (Å²) in [7, 11) is 1.79. The highest BCUT2D eigenvalue weighted by atomic mass is 16.5. The lowest BCUT2D eigenvalue weighted by Gasteiger charge is -2.42. The predicted octanol–water partition coefficient (Wildman–Crippen LogP) is 0.572. The molecule has 6 heteroatoms. The Labute approximate surface area is 145 Å². The van der Waals surface area contributed by atoms with Gasteiger partial charge in [0.1, 0.15) is 0 Å². The second-order valence-electron chi connectivity index (χ2n) is 7.90. The molecule has 1 aliphatic carbocycles. The molecule has 24 heavy (non-hydrogen) atoms. The Morgan fingerprint density at radius 2 is 1.92 bits per heavy atom. The van der Waals surface area contributed by atoms with Gasteiger partial charge in [0, 0.05) is 51.3 Å². The highest BCUT2D eigenvalue weighted by Crippen LogP contribution is 2.34. The van der Waals surface area contributed by atoms with E-state index in [0.717, 1.165) is 71.3 Å². The maximum Gasteiger partial charge on any atom is 0.236 e. The van der Waals surface area contributed by atoms with Gasteiger partial charge in [-0.15, -0.1) is 0 Å². The molecule has 2 saturated heterocycles. The summed E-state index contributed by atoms with van der Waals surface area (Å²) < 4.78 is 10.9. The third kappa shape index (κ3) is 4.69. The van der Waals surface area contributed by atoms with Crippen molar-refractivity contribution in [3.63, 3.8) is 0 Å². The lowest BCUT2D eigenvalue weighted by atomic mass is 9.78. The van der Waals surface area contributed by atoms with E-state index in [9.17, 15) is 4.79 Å². The van der Waals surface area contributed by atoms with E-state index >= 15 is 0 Å². The normalized spacial score (nSPS) is 30.3. The molecule has 1 amide bonds. The molecule has 138 valence electrons. The van der Waals surface area contributed by atoms with E-state index in [0.29, 0.717) is 12.6 Å². The largest absolute Gasteiger partial charge is 0.384 e. The number of morpholine rings is 1. The first-order valence-electron chi connectivity index (χ1n) is 9.42. The summed E-state index contributed by atoms with van der Waals surface area (Å²) in [6, 6.07) is 0.694. The van der Waals surface area contributed by atoms with Crippen LogP contribution in [0.3, 0.4) is 0 Å². The number of amides is 1. The predicted molar refractivity (Wildman–Crippen MR) is 93.0 cm³/mol. The molecule has 0 bridgehead atoms. The summed E-state index contributed by atoms with van der Waals surface area (Å²) in [4.78, 5) is 16.8. The smallest absolute Gasteiger partial charge is 0.236 e. The van der Waals surface area contributed by atoms with E-state index in [-0.39, 0.29) is 11.3 Å². The van der Waals surface area contributed by atoms with Gasteiger partial charge < -0.3 is 19.7 Å². The molecule has 1 saturated carbocycles. The molecular formula is C18H33N3O3. The Morgan fingerprint density at radius 1 is 1.25 bits per heavy atom. The van der Waals surface area contributed by atoms with Crippen LogP contribution < -0.4 is 5.32 Å². The number of piperidine rings is 1. The highest BCUT2D eigenvalue weighted by Gasteiger charge is 2.39. The van der Waals surface area contributed by atoms with Crippen molar-refractivity contribution in [3.05, 3.63) is 0 Å². The van der Waals surface area contributed by atoms with E-state index in [1.54, 1.807) is 7.11 Å². The monoisotopic (exact) mass is 339 g/mol. The third-order valence-corrected chi connectivity index (χ3v) is 5.94. The second kappa shape index (κ2) is 8.13. The zero-order valence-corrected chi connectivity index (χ0v) is 15.3. The first kappa shape index (κ1) is 18.1. The number of hydrogen-bond donors (Lipinski definition) is 1. The number of ether oxygens (including phenoxy) is 2. The Bertz CT molecular complexity index is 418. The van der Waals surface area contributed by atoms with Crippen molar-refractivity contribution in [2.24, 2.45) is 11.3 Å². The minimum Gasteiger partial charge on any atom is -0.384 e. The number of likely N-dealkylation sites (tertiary alicyclic amines) is 1. The van der Waals surface area contributed by atoms with Gasteiger partial charge in [-0.1, -0.05) is 6.92 Å². The number of nitrogens with zero attached hydrogens (tertiary/aromatic N) is 2. The molecule has 3 rings (SSSR count). The lowest BCUT2D eigenvalue weighted by Crippen LogP contribution is -2.52. The van der Waals surface area contributed by atoms with Crippen LogP contribution in [0.2, 0.25) is 0 Å². The van der Waals surface area contributed by atoms with E-state index in [1.807, 2.05) is 4.90 Å². The van der Waals surface area contributed by atoms with Crippen molar-refractivity contribution in [1.82, 2.24) is 15.1 Å². The number of rotatable bonds is 7. The quantitative estimate of drug-likeness (QED) is 0.735. The number of carbonyl (C=O) groups is 1. The van der Waals surface area contributed by atoms with Crippen LogP contribution in [0.5, 0.6) is 0 Å². The van der Waals surface area contributed by atoms with Crippen LogP contribution in [0.25, 0.3) is 0 Å². The number of hydrogen-bond acceptors (Lipinski definition) is 5. The van der Waals surface area contributed by atoms with Crippen molar-refractivity contribution in [2.45, 2.75) is 32.2 Å². The molecule has 6 nitrogen and oxygen atoms in total. The maximum atomic E-state index is 12.6.